The lowest BCUT2D eigenvalue weighted by Crippen LogP contribution is -2.36. The summed E-state index contributed by atoms with van der Waals surface area (Å²) in [5, 5.41) is 3.44. The van der Waals surface area contributed by atoms with Gasteiger partial charge in [-0.15, -0.1) is 0 Å². The summed E-state index contributed by atoms with van der Waals surface area (Å²) < 4.78 is 26.9. The Hall–Kier alpha value is -1.37. The number of hydrogen-bond donors (Lipinski definition) is 1. The second-order valence-electron chi connectivity index (χ2n) is 4.96. The molecular formula is C11H17N3O3S. The maximum atomic E-state index is 11.8. The largest absolute Gasteiger partial charge is 0.276 e. The van der Waals surface area contributed by atoms with Gasteiger partial charge in [0, 0.05) is 19.2 Å². The van der Waals surface area contributed by atoms with Crippen molar-refractivity contribution in [1.82, 2.24) is 14.5 Å². The molecule has 7 heteroatoms. The molecule has 0 radical (unpaired) electrons. The number of amides is 1. The normalized spacial score (nSPS) is 23.1. The standard InChI is InChI=1S/C11H17N3O3S/c1-7(2)18(16,17)13-11(15)10-4-9(10)8-5-12-14(3)6-8/h5-7,9-10H,4H2,1-3H3,(H,13,15)/t9-,10-/m1/s1. The van der Waals surface area contributed by atoms with E-state index in [4.69, 9.17) is 0 Å². The van der Waals surface area contributed by atoms with Crippen LogP contribution in [0.1, 0.15) is 31.7 Å². The molecule has 1 amide bonds. The highest BCUT2D eigenvalue weighted by molar-refractivity contribution is 7.90. The Morgan fingerprint density at radius 2 is 2.22 bits per heavy atom. The molecule has 1 fully saturated rings. The quantitative estimate of drug-likeness (QED) is 0.858. The van der Waals surface area contributed by atoms with Crippen LogP contribution in [0.5, 0.6) is 0 Å². The van der Waals surface area contributed by atoms with Crippen LogP contribution in [-0.2, 0) is 21.9 Å². The van der Waals surface area contributed by atoms with E-state index in [1.54, 1.807) is 24.7 Å². The maximum Gasteiger partial charge on any atom is 0.237 e. The number of nitrogens with zero attached hydrogens (tertiary/aromatic N) is 2. The van der Waals surface area contributed by atoms with Gasteiger partial charge in [-0.25, -0.2) is 8.42 Å². The molecule has 0 aromatic carbocycles. The molecule has 0 aliphatic heterocycles. The molecule has 0 spiro atoms. The molecule has 1 saturated carbocycles. The van der Waals surface area contributed by atoms with Crippen molar-refractivity contribution in [3.05, 3.63) is 18.0 Å². The summed E-state index contributed by atoms with van der Waals surface area (Å²) >= 11 is 0. The average molecular weight is 271 g/mol. The van der Waals surface area contributed by atoms with E-state index >= 15 is 0 Å². The van der Waals surface area contributed by atoms with Crippen molar-refractivity contribution in [2.75, 3.05) is 0 Å². The van der Waals surface area contributed by atoms with E-state index in [0.29, 0.717) is 6.42 Å². The fourth-order valence-electron chi connectivity index (χ4n) is 1.82. The molecule has 0 bridgehead atoms. The van der Waals surface area contributed by atoms with Gasteiger partial charge in [0.1, 0.15) is 0 Å². The van der Waals surface area contributed by atoms with Gasteiger partial charge < -0.3 is 0 Å². The Labute approximate surface area is 106 Å². The number of carbonyl (C=O) groups excluding carboxylic acids is 1. The molecule has 2 rings (SSSR count). The predicted octanol–water partition coefficient (Wildman–Crippen LogP) is 0.378. The van der Waals surface area contributed by atoms with Crippen molar-refractivity contribution in [3.8, 4) is 0 Å². The van der Waals surface area contributed by atoms with Crippen LogP contribution in [0, 0.1) is 5.92 Å². The van der Waals surface area contributed by atoms with Crippen molar-refractivity contribution >= 4 is 15.9 Å². The van der Waals surface area contributed by atoms with E-state index in [1.165, 1.54) is 0 Å². The Balaban J connectivity index is 1.98. The summed E-state index contributed by atoms with van der Waals surface area (Å²) in [4.78, 5) is 11.8. The highest BCUT2D eigenvalue weighted by Gasteiger charge is 2.45. The lowest BCUT2D eigenvalue weighted by molar-refractivity contribution is -0.120. The van der Waals surface area contributed by atoms with Crippen LogP contribution in [0.4, 0.5) is 0 Å². The number of aryl methyl sites for hydroxylation is 1. The summed E-state index contributed by atoms with van der Waals surface area (Å²) in [5.41, 5.74) is 0.986. The van der Waals surface area contributed by atoms with Gasteiger partial charge in [0.05, 0.1) is 11.4 Å². The van der Waals surface area contributed by atoms with E-state index < -0.39 is 21.2 Å². The zero-order valence-corrected chi connectivity index (χ0v) is 11.4. The average Bonchev–Trinajstić information content (AvgIpc) is 2.94. The molecule has 0 unspecified atom stereocenters. The third kappa shape index (κ3) is 2.55. The minimum absolute atomic E-state index is 0.0982. The van der Waals surface area contributed by atoms with Crippen molar-refractivity contribution in [1.29, 1.82) is 0 Å². The first-order valence-corrected chi connectivity index (χ1v) is 7.40. The molecule has 0 saturated heterocycles. The van der Waals surface area contributed by atoms with Crippen LogP contribution in [0.3, 0.4) is 0 Å². The van der Waals surface area contributed by atoms with Crippen LogP contribution < -0.4 is 4.72 Å². The topological polar surface area (TPSA) is 81.1 Å². The molecule has 18 heavy (non-hydrogen) atoms. The molecular weight excluding hydrogens is 254 g/mol. The second-order valence-corrected chi connectivity index (χ2v) is 7.19. The lowest BCUT2D eigenvalue weighted by atomic mass is 10.2. The van der Waals surface area contributed by atoms with Gasteiger partial charge >= 0.3 is 0 Å². The monoisotopic (exact) mass is 271 g/mol. The number of rotatable bonds is 4. The summed E-state index contributed by atoms with van der Waals surface area (Å²) in [6.07, 6.45) is 4.26. The first kappa shape index (κ1) is 13.1. The van der Waals surface area contributed by atoms with E-state index in [9.17, 15) is 13.2 Å². The fourth-order valence-corrected chi connectivity index (χ4v) is 2.49. The Bertz CT molecular complexity index is 562. The minimum atomic E-state index is -3.52. The van der Waals surface area contributed by atoms with Crippen molar-refractivity contribution < 1.29 is 13.2 Å². The highest BCUT2D eigenvalue weighted by atomic mass is 32.2. The van der Waals surface area contributed by atoms with Crippen LogP contribution in [0.2, 0.25) is 0 Å². The van der Waals surface area contributed by atoms with Crippen molar-refractivity contribution in [2.24, 2.45) is 13.0 Å². The summed E-state index contributed by atoms with van der Waals surface area (Å²) in [6.45, 7) is 3.09. The lowest BCUT2D eigenvalue weighted by Gasteiger charge is -2.08. The van der Waals surface area contributed by atoms with Gasteiger partial charge in [0.2, 0.25) is 15.9 Å². The third-order valence-electron chi connectivity index (χ3n) is 3.14. The Morgan fingerprint density at radius 3 is 2.72 bits per heavy atom. The first-order valence-electron chi connectivity index (χ1n) is 5.85. The number of aromatic nitrogens is 2. The van der Waals surface area contributed by atoms with Gasteiger partial charge in [-0.2, -0.15) is 5.10 Å². The second kappa shape index (κ2) is 4.38. The summed E-state index contributed by atoms with van der Waals surface area (Å²) in [7, 11) is -1.71. The van der Waals surface area contributed by atoms with Crippen LogP contribution in [0.25, 0.3) is 0 Å². The van der Waals surface area contributed by atoms with Crippen LogP contribution in [0.15, 0.2) is 12.4 Å². The molecule has 6 nitrogen and oxygen atoms in total. The molecule has 1 N–H and O–H groups in total. The van der Waals surface area contributed by atoms with Gasteiger partial charge in [0.15, 0.2) is 0 Å². The van der Waals surface area contributed by atoms with E-state index in [2.05, 4.69) is 9.82 Å². The zero-order valence-electron chi connectivity index (χ0n) is 10.6. The van der Waals surface area contributed by atoms with Gasteiger partial charge in [-0.1, -0.05) is 0 Å². The molecule has 1 aliphatic carbocycles. The molecule has 1 aromatic heterocycles. The fraction of sp³-hybridized carbons (Fsp3) is 0.636. The van der Waals surface area contributed by atoms with E-state index in [-0.39, 0.29) is 11.8 Å². The molecule has 100 valence electrons. The maximum absolute atomic E-state index is 11.8. The summed E-state index contributed by atoms with van der Waals surface area (Å²) in [5.74, 6) is -0.554. The highest BCUT2D eigenvalue weighted by Crippen LogP contribution is 2.47. The third-order valence-corrected chi connectivity index (χ3v) is 4.87. The number of sulfonamides is 1. The number of hydrogen-bond acceptors (Lipinski definition) is 4. The number of carbonyl (C=O) groups is 1. The molecule has 1 heterocycles. The SMILES string of the molecule is CC(C)S(=O)(=O)NC(=O)[C@@H]1C[C@@H]1c1cnn(C)c1. The predicted molar refractivity (Wildman–Crippen MR) is 66.3 cm³/mol. The minimum Gasteiger partial charge on any atom is -0.276 e. The van der Waals surface area contributed by atoms with E-state index in [1.807, 2.05) is 13.2 Å². The zero-order chi connectivity index (χ0) is 13.5. The smallest absolute Gasteiger partial charge is 0.237 e. The number of nitrogens with one attached hydrogen (secondary N) is 1. The van der Waals surface area contributed by atoms with Gasteiger partial charge in [-0.05, 0) is 31.7 Å². The van der Waals surface area contributed by atoms with E-state index in [0.717, 1.165) is 5.56 Å². The van der Waals surface area contributed by atoms with Crippen molar-refractivity contribution in [3.63, 3.8) is 0 Å². The van der Waals surface area contributed by atoms with Gasteiger partial charge in [-0.3, -0.25) is 14.2 Å². The molecule has 1 aliphatic rings. The van der Waals surface area contributed by atoms with Crippen LogP contribution >= 0.6 is 0 Å². The van der Waals surface area contributed by atoms with Crippen LogP contribution in [-0.4, -0.2) is 29.4 Å². The molecule has 1 aromatic rings. The van der Waals surface area contributed by atoms with Crippen molar-refractivity contribution in [2.45, 2.75) is 31.4 Å². The molecule has 2 atom stereocenters. The summed E-state index contributed by atoms with van der Waals surface area (Å²) in [6, 6.07) is 0. The Kier molecular flexibility index (Phi) is 3.18. The van der Waals surface area contributed by atoms with Gasteiger partial charge in [0.25, 0.3) is 0 Å². The first-order chi connectivity index (χ1) is 8.31. The Morgan fingerprint density at radius 1 is 1.56 bits per heavy atom.